The summed E-state index contributed by atoms with van der Waals surface area (Å²) in [5.74, 6) is -0.857. The van der Waals surface area contributed by atoms with Gasteiger partial charge in [-0.2, -0.15) is 15.2 Å². The number of benzene rings is 2. The molecule has 2 aromatic heterocycles. The van der Waals surface area contributed by atoms with Crippen molar-refractivity contribution >= 4 is 57.0 Å². The molecule has 0 spiro atoms. The molecule has 46 heavy (non-hydrogen) atoms. The maximum absolute atomic E-state index is 15.9. The lowest BCUT2D eigenvalue weighted by molar-refractivity contribution is -0.106. The second-order valence-electron chi connectivity index (χ2n) is 10.6. The fourth-order valence-corrected chi connectivity index (χ4v) is 5.37. The molecule has 2 aromatic carbocycles. The predicted molar refractivity (Wildman–Crippen MR) is 181 cm³/mol. The first-order chi connectivity index (χ1) is 22.1. The van der Waals surface area contributed by atoms with Crippen LogP contribution in [0.5, 0.6) is 6.01 Å². The number of methoxy groups -OCH3 is 1. The molecule has 2 aliphatic heterocycles. The number of carbonyl (C=O) groups excluding carboxylic acids is 1. The number of hydrogen-bond acceptors (Lipinski definition) is 9. The molecule has 9 nitrogen and oxygen atoms in total. The molecule has 244 valence electrons. The van der Waals surface area contributed by atoms with Crippen molar-refractivity contribution < 1.29 is 18.3 Å². The van der Waals surface area contributed by atoms with E-state index in [-0.39, 0.29) is 23.5 Å². The lowest BCUT2D eigenvalue weighted by Crippen LogP contribution is -2.45. The van der Waals surface area contributed by atoms with Gasteiger partial charge in [0.25, 0.3) is 0 Å². The zero-order chi connectivity index (χ0) is 33.8. The van der Waals surface area contributed by atoms with Gasteiger partial charge in [-0.05, 0) is 51.5 Å². The number of aldehydes is 1. The summed E-state index contributed by atoms with van der Waals surface area (Å²) in [7, 11) is 5.72. The Kier molecular flexibility index (Phi) is 14.0. The first-order valence-electron chi connectivity index (χ1n) is 14.6. The Morgan fingerprint density at radius 1 is 1.04 bits per heavy atom. The number of piperazine rings is 1. The molecule has 6 rings (SSSR count). The minimum atomic E-state index is -0.926. The molecule has 2 saturated heterocycles. The number of pyridine rings is 1. The van der Waals surface area contributed by atoms with Crippen molar-refractivity contribution in [3.63, 3.8) is 0 Å². The second-order valence-corrected chi connectivity index (χ2v) is 11.4. The third-order valence-corrected chi connectivity index (χ3v) is 8.08. The summed E-state index contributed by atoms with van der Waals surface area (Å²) in [6, 6.07) is 11.0. The molecule has 0 bridgehead atoms. The predicted octanol–water partition coefficient (Wildman–Crippen LogP) is 6.96. The van der Waals surface area contributed by atoms with Crippen molar-refractivity contribution in [2.45, 2.75) is 19.8 Å². The summed E-state index contributed by atoms with van der Waals surface area (Å²) in [6.45, 7) is 10.0. The van der Waals surface area contributed by atoms with E-state index in [1.165, 1.54) is 40.0 Å². The standard InChI is InChI=1S/C23H20Cl2FN5O.C5H11N.C3H3FO.C2H3N/c1-30-8-10-31(11-9-30)22-15-12-27-20(19(26)21(15)28-23(29-22)32-2)14-5-3-4-13-6-7-16(24)18(25)17(13)14;1-6-4-2-3-5-6;1-3(4)2-5;1-2-3/h3-7,12H,8-11H2,1-2H3;2-5H2,1H3;2H,1H2;1H3. The number of likely N-dealkylation sites (tertiary alicyclic amines) is 1. The summed E-state index contributed by atoms with van der Waals surface area (Å²) >= 11 is 12.7. The highest BCUT2D eigenvalue weighted by atomic mass is 35.5. The van der Waals surface area contributed by atoms with Crippen molar-refractivity contribution in [1.29, 1.82) is 5.26 Å². The molecule has 4 aromatic rings. The van der Waals surface area contributed by atoms with E-state index < -0.39 is 11.6 Å². The van der Waals surface area contributed by atoms with Crippen LogP contribution in [0.15, 0.2) is 48.9 Å². The number of nitriles is 1. The maximum Gasteiger partial charge on any atom is 0.318 e. The summed E-state index contributed by atoms with van der Waals surface area (Å²) in [5, 5.41) is 10.1. The van der Waals surface area contributed by atoms with E-state index in [0.717, 1.165) is 31.6 Å². The highest BCUT2D eigenvalue weighted by molar-refractivity contribution is 6.46. The average molecular weight is 673 g/mol. The number of halogens is 4. The highest BCUT2D eigenvalue weighted by Crippen LogP contribution is 2.39. The molecule has 2 fully saturated rings. The molecule has 0 amide bonds. The van der Waals surface area contributed by atoms with Crippen molar-refractivity contribution in [1.82, 2.24) is 24.8 Å². The summed E-state index contributed by atoms with van der Waals surface area (Å²) in [6.07, 6.45) is 4.51. The van der Waals surface area contributed by atoms with Gasteiger partial charge in [0.05, 0.1) is 28.6 Å². The van der Waals surface area contributed by atoms with E-state index in [1.807, 2.05) is 18.2 Å². The number of rotatable bonds is 4. The number of nitrogens with zero attached hydrogens (tertiary/aromatic N) is 7. The molecule has 13 heteroatoms. The first-order valence-corrected chi connectivity index (χ1v) is 15.3. The molecule has 2 aliphatic rings. The van der Waals surface area contributed by atoms with Crippen molar-refractivity contribution in [3.05, 3.63) is 64.8 Å². The van der Waals surface area contributed by atoms with Gasteiger partial charge in [0.15, 0.2) is 17.9 Å². The summed E-state index contributed by atoms with van der Waals surface area (Å²) < 4.78 is 32.1. The minimum absolute atomic E-state index is 0.0556. The molecular weight excluding hydrogens is 635 g/mol. The number of hydrogen-bond donors (Lipinski definition) is 0. The van der Waals surface area contributed by atoms with Crippen LogP contribution in [0.4, 0.5) is 14.6 Å². The van der Waals surface area contributed by atoms with Crippen LogP contribution in [-0.2, 0) is 4.79 Å². The van der Waals surface area contributed by atoms with E-state index in [4.69, 9.17) is 38.0 Å². The number of carbonyl (C=O) groups is 1. The van der Waals surface area contributed by atoms with Crippen LogP contribution in [0.1, 0.15) is 19.8 Å². The highest BCUT2D eigenvalue weighted by Gasteiger charge is 2.24. The Morgan fingerprint density at radius 2 is 1.65 bits per heavy atom. The maximum atomic E-state index is 15.9. The lowest BCUT2D eigenvalue weighted by atomic mass is 10.0. The van der Waals surface area contributed by atoms with Gasteiger partial charge < -0.3 is 19.4 Å². The molecule has 0 aliphatic carbocycles. The van der Waals surface area contributed by atoms with Gasteiger partial charge in [0, 0.05) is 50.2 Å². The van der Waals surface area contributed by atoms with Gasteiger partial charge in [-0.15, -0.1) is 0 Å². The fourth-order valence-electron chi connectivity index (χ4n) is 4.94. The van der Waals surface area contributed by atoms with Gasteiger partial charge in [-0.3, -0.25) is 9.78 Å². The van der Waals surface area contributed by atoms with Crippen molar-refractivity contribution in [2.75, 3.05) is 65.4 Å². The zero-order valence-electron chi connectivity index (χ0n) is 26.4. The van der Waals surface area contributed by atoms with Crippen LogP contribution in [0.2, 0.25) is 10.0 Å². The number of anilines is 1. The second kappa shape index (κ2) is 17.7. The third-order valence-electron chi connectivity index (χ3n) is 7.28. The number of allylic oxidation sites excluding steroid dienone is 1. The zero-order valence-corrected chi connectivity index (χ0v) is 27.9. The molecule has 0 saturated carbocycles. The largest absolute Gasteiger partial charge is 0.467 e. The van der Waals surface area contributed by atoms with E-state index in [1.54, 1.807) is 24.4 Å². The van der Waals surface area contributed by atoms with E-state index >= 15 is 4.39 Å². The Hall–Kier alpha value is -3.95. The number of aromatic nitrogens is 3. The van der Waals surface area contributed by atoms with Crippen LogP contribution < -0.4 is 9.64 Å². The number of fused-ring (bicyclic) bond motifs is 2. The normalized spacial score (nSPS) is 14.6. The van der Waals surface area contributed by atoms with Crippen molar-refractivity contribution in [2.24, 2.45) is 0 Å². The van der Waals surface area contributed by atoms with Gasteiger partial charge >= 0.3 is 6.01 Å². The topological polar surface area (TPSA) is 98.5 Å². The average Bonchev–Trinajstić information content (AvgIpc) is 3.54. The third kappa shape index (κ3) is 9.30. The Balaban J connectivity index is 0.000000344. The SMILES string of the molecule is C=C(F)C=O.CC#N.CN1CCCC1.COc1nc(N2CCN(C)CC2)c2cnc(-c3cccc4ccc(Cl)c(Cl)c34)c(F)c2n1. The van der Waals surface area contributed by atoms with Crippen LogP contribution in [0.25, 0.3) is 32.9 Å². The minimum Gasteiger partial charge on any atom is -0.467 e. The smallest absolute Gasteiger partial charge is 0.318 e. The Labute approximate surface area is 278 Å². The Morgan fingerprint density at radius 3 is 2.20 bits per heavy atom. The monoisotopic (exact) mass is 671 g/mol. The van der Waals surface area contributed by atoms with Gasteiger partial charge in [0.2, 0.25) is 0 Å². The van der Waals surface area contributed by atoms with Gasteiger partial charge in [-0.25, -0.2) is 8.78 Å². The molecule has 0 radical (unpaired) electrons. The van der Waals surface area contributed by atoms with Gasteiger partial charge in [-0.1, -0.05) is 54.0 Å². The molecule has 4 heterocycles. The van der Waals surface area contributed by atoms with Crippen molar-refractivity contribution in [3.8, 4) is 23.3 Å². The van der Waals surface area contributed by atoms with Crippen LogP contribution in [0, 0.1) is 17.1 Å². The number of likely N-dealkylation sites (N-methyl/N-ethyl adjacent to an activating group) is 1. The quantitative estimate of drug-likeness (QED) is 0.168. The summed E-state index contributed by atoms with van der Waals surface area (Å²) in [4.78, 5) is 29.1. The fraction of sp³-hybridized carbons (Fsp3) is 0.364. The molecule has 0 N–H and O–H groups in total. The molecule has 0 unspecified atom stereocenters. The van der Waals surface area contributed by atoms with E-state index in [9.17, 15) is 4.39 Å². The van der Waals surface area contributed by atoms with E-state index in [0.29, 0.717) is 32.2 Å². The first kappa shape index (κ1) is 36.5. The van der Waals surface area contributed by atoms with E-state index in [2.05, 4.69) is 50.3 Å². The van der Waals surface area contributed by atoms with Crippen LogP contribution in [0.3, 0.4) is 0 Å². The number of ether oxygens (including phenoxy) is 1. The Bertz CT molecular complexity index is 1700. The van der Waals surface area contributed by atoms with Crippen LogP contribution in [-0.4, -0.2) is 91.5 Å². The van der Waals surface area contributed by atoms with Gasteiger partial charge in [0.1, 0.15) is 17.0 Å². The molecule has 0 atom stereocenters. The summed E-state index contributed by atoms with van der Waals surface area (Å²) in [5.41, 5.74) is 0.858. The van der Waals surface area contributed by atoms with Crippen LogP contribution >= 0.6 is 23.2 Å². The molecular formula is C33H37Cl2F2N7O2. The lowest BCUT2D eigenvalue weighted by Gasteiger charge is -2.33.